The lowest BCUT2D eigenvalue weighted by Crippen LogP contribution is -2.46. The SMILES string of the molecule is CC(=O)N1CCC(NC(=O)Cc2ccc(C)cc2)CC1. The van der Waals surface area contributed by atoms with E-state index in [-0.39, 0.29) is 17.9 Å². The van der Waals surface area contributed by atoms with Gasteiger partial charge in [0.1, 0.15) is 0 Å². The highest BCUT2D eigenvalue weighted by molar-refractivity contribution is 5.79. The Bertz CT molecular complexity index is 474. The minimum Gasteiger partial charge on any atom is -0.353 e. The monoisotopic (exact) mass is 274 g/mol. The number of hydrogen-bond donors (Lipinski definition) is 1. The third-order valence-electron chi connectivity index (χ3n) is 3.79. The molecule has 2 rings (SSSR count). The van der Waals surface area contributed by atoms with Gasteiger partial charge in [-0.3, -0.25) is 9.59 Å². The molecule has 2 amide bonds. The van der Waals surface area contributed by atoms with Crippen LogP contribution in [-0.2, 0) is 16.0 Å². The van der Waals surface area contributed by atoms with Gasteiger partial charge in [-0.1, -0.05) is 29.8 Å². The first kappa shape index (κ1) is 14.6. The van der Waals surface area contributed by atoms with Crippen molar-refractivity contribution in [2.75, 3.05) is 13.1 Å². The van der Waals surface area contributed by atoms with Crippen molar-refractivity contribution in [3.05, 3.63) is 35.4 Å². The van der Waals surface area contributed by atoms with Crippen molar-refractivity contribution >= 4 is 11.8 Å². The van der Waals surface area contributed by atoms with Gasteiger partial charge in [0, 0.05) is 26.1 Å². The lowest BCUT2D eigenvalue weighted by Gasteiger charge is -2.31. The first-order valence-electron chi connectivity index (χ1n) is 7.15. The predicted octanol–water partition coefficient (Wildman–Crippen LogP) is 1.66. The van der Waals surface area contributed by atoms with E-state index in [1.165, 1.54) is 5.56 Å². The van der Waals surface area contributed by atoms with Crippen molar-refractivity contribution < 1.29 is 9.59 Å². The molecule has 1 aliphatic heterocycles. The second-order valence-electron chi connectivity index (χ2n) is 5.51. The molecule has 1 aliphatic rings. The average molecular weight is 274 g/mol. The molecule has 0 bridgehead atoms. The number of aryl methyl sites for hydroxylation is 1. The van der Waals surface area contributed by atoms with Gasteiger partial charge in [0.05, 0.1) is 6.42 Å². The maximum Gasteiger partial charge on any atom is 0.224 e. The summed E-state index contributed by atoms with van der Waals surface area (Å²) in [5.74, 6) is 0.185. The third kappa shape index (κ3) is 4.08. The highest BCUT2D eigenvalue weighted by Gasteiger charge is 2.21. The van der Waals surface area contributed by atoms with Gasteiger partial charge >= 0.3 is 0 Å². The first-order chi connectivity index (χ1) is 9.54. The number of likely N-dealkylation sites (tertiary alicyclic amines) is 1. The van der Waals surface area contributed by atoms with E-state index in [1.807, 2.05) is 36.1 Å². The first-order valence-corrected chi connectivity index (χ1v) is 7.15. The van der Waals surface area contributed by atoms with Crippen molar-refractivity contribution in [3.63, 3.8) is 0 Å². The number of piperidine rings is 1. The van der Waals surface area contributed by atoms with Crippen LogP contribution in [-0.4, -0.2) is 35.8 Å². The quantitative estimate of drug-likeness (QED) is 0.911. The molecule has 1 saturated heterocycles. The molecule has 0 atom stereocenters. The lowest BCUT2D eigenvalue weighted by molar-refractivity contribution is -0.130. The largest absolute Gasteiger partial charge is 0.353 e. The van der Waals surface area contributed by atoms with E-state index >= 15 is 0 Å². The van der Waals surface area contributed by atoms with Crippen LogP contribution in [0, 0.1) is 6.92 Å². The van der Waals surface area contributed by atoms with Gasteiger partial charge in [-0.15, -0.1) is 0 Å². The Kier molecular flexibility index (Phi) is 4.77. The fourth-order valence-electron chi connectivity index (χ4n) is 2.51. The molecular formula is C16H22N2O2. The Balaban J connectivity index is 1.78. The summed E-state index contributed by atoms with van der Waals surface area (Å²) < 4.78 is 0. The van der Waals surface area contributed by atoms with Crippen LogP contribution in [0.4, 0.5) is 0 Å². The maximum atomic E-state index is 12.0. The van der Waals surface area contributed by atoms with Gasteiger partial charge < -0.3 is 10.2 Å². The van der Waals surface area contributed by atoms with Crippen LogP contribution >= 0.6 is 0 Å². The topological polar surface area (TPSA) is 49.4 Å². The van der Waals surface area contributed by atoms with E-state index in [4.69, 9.17) is 0 Å². The van der Waals surface area contributed by atoms with Crippen molar-refractivity contribution in [1.29, 1.82) is 0 Å². The molecule has 0 spiro atoms. The van der Waals surface area contributed by atoms with Crippen molar-refractivity contribution in [3.8, 4) is 0 Å². The zero-order valence-corrected chi connectivity index (χ0v) is 12.2. The highest BCUT2D eigenvalue weighted by atomic mass is 16.2. The molecular weight excluding hydrogens is 252 g/mol. The Hall–Kier alpha value is -1.84. The molecule has 20 heavy (non-hydrogen) atoms. The van der Waals surface area contributed by atoms with Gasteiger partial charge in [-0.25, -0.2) is 0 Å². The van der Waals surface area contributed by atoms with E-state index in [0.29, 0.717) is 6.42 Å². The fraction of sp³-hybridized carbons (Fsp3) is 0.500. The fourth-order valence-corrected chi connectivity index (χ4v) is 2.51. The van der Waals surface area contributed by atoms with Crippen molar-refractivity contribution in [2.24, 2.45) is 0 Å². The number of hydrogen-bond acceptors (Lipinski definition) is 2. The molecule has 0 radical (unpaired) electrons. The number of carbonyl (C=O) groups is 2. The van der Waals surface area contributed by atoms with Crippen molar-refractivity contribution in [1.82, 2.24) is 10.2 Å². The van der Waals surface area contributed by atoms with Crippen LogP contribution in [0.15, 0.2) is 24.3 Å². The van der Waals surface area contributed by atoms with Crippen LogP contribution in [0.2, 0.25) is 0 Å². The summed E-state index contributed by atoms with van der Waals surface area (Å²) in [5, 5.41) is 3.06. The highest BCUT2D eigenvalue weighted by Crippen LogP contribution is 2.11. The minimum absolute atomic E-state index is 0.0649. The molecule has 1 N–H and O–H groups in total. The molecule has 1 aromatic rings. The molecule has 0 aromatic heterocycles. The van der Waals surface area contributed by atoms with Gasteiger partial charge in [-0.05, 0) is 25.3 Å². The van der Waals surface area contributed by atoms with Gasteiger partial charge in [0.15, 0.2) is 0 Å². The van der Waals surface area contributed by atoms with E-state index in [1.54, 1.807) is 6.92 Å². The predicted molar refractivity (Wildman–Crippen MR) is 78.3 cm³/mol. The molecule has 0 aliphatic carbocycles. The molecule has 4 heteroatoms. The lowest BCUT2D eigenvalue weighted by atomic mass is 10.0. The summed E-state index contributed by atoms with van der Waals surface area (Å²) in [7, 11) is 0. The van der Waals surface area contributed by atoms with Crippen molar-refractivity contribution in [2.45, 2.75) is 39.2 Å². The zero-order chi connectivity index (χ0) is 14.5. The summed E-state index contributed by atoms with van der Waals surface area (Å²) >= 11 is 0. The summed E-state index contributed by atoms with van der Waals surface area (Å²) in [6.45, 7) is 5.11. The Labute approximate surface area is 120 Å². The smallest absolute Gasteiger partial charge is 0.224 e. The van der Waals surface area contributed by atoms with E-state index < -0.39 is 0 Å². The van der Waals surface area contributed by atoms with Gasteiger partial charge in [0.25, 0.3) is 0 Å². The molecule has 0 saturated carbocycles. The normalized spacial score (nSPS) is 16.0. The molecule has 4 nitrogen and oxygen atoms in total. The third-order valence-corrected chi connectivity index (χ3v) is 3.79. The molecule has 1 fully saturated rings. The van der Waals surface area contributed by atoms with E-state index in [2.05, 4.69) is 5.32 Å². The number of carbonyl (C=O) groups excluding carboxylic acids is 2. The Morgan fingerprint density at radius 3 is 2.35 bits per heavy atom. The van der Waals surface area contributed by atoms with E-state index in [0.717, 1.165) is 31.5 Å². The molecule has 1 aromatic carbocycles. The van der Waals surface area contributed by atoms with Gasteiger partial charge in [0.2, 0.25) is 11.8 Å². The number of rotatable bonds is 3. The van der Waals surface area contributed by atoms with E-state index in [9.17, 15) is 9.59 Å². The zero-order valence-electron chi connectivity index (χ0n) is 12.2. The second-order valence-corrected chi connectivity index (χ2v) is 5.51. The minimum atomic E-state index is 0.0649. The summed E-state index contributed by atoms with van der Waals surface area (Å²) in [4.78, 5) is 25.1. The van der Waals surface area contributed by atoms with Crippen LogP contribution in [0.3, 0.4) is 0 Å². The summed E-state index contributed by atoms with van der Waals surface area (Å²) in [6.07, 6.45) is 2.12. The van der Waals surface area contributed by atoms with Crippen LogP contribution in [0.5, 0.6) is 0 Å². The standard InChI is InChI=1S/C16H22N2O2/c1-12-3-5-14(6-4-12)11-16(20)17-15-7-9-18(10-8-15)13(2)19/h3-6,15H,7-11H2,1-2H3,(H,17,20). The molecule has 0 unspecified atom stereocenters. The Morgan fingerprint density at radius 1 is 1.20 bits per heavy atom. The maximum absolute atomic E-state index is 12.0. The van der Waals surface area contributed by atoms with Crippen LogP contribution in [0.25, 0.3) is 0 Å². The van der Waals surface area contributed by atoms with Crippen LogP contribution in [0.1, 0.15) is 30.9 Å². The molecule has 108 valence electrons. The summed E-state index contributed by atoms with van der Waals surface area (Å²) in [5.41, 5.74) is 2.24. The number of benzene rings is 1. The summed E-state index contributed by atoms with van der Waals surface area (Å²) in [6, 6.07) is 8.23. The van der Waals surface area contributed by atoms with Gasteiger partial charge in [-0.2, -0.15) is 0 Å². The second kappa shape index (κ2) is 6.55. The molecule has 1 heterocycles. The average Bonchev–Trinajstić information content (AvgIpc) is 2.42. The Morgan fingerprint density at radius 2 is 1.80 bits per heavy atom. The number of nitrogens with zero attached hydrogens (tertiary/aromatic N) is 1. The number of nitrogens with one attached hydrogen (secondary N) is 1. The number of amides is 2. The van der Waals surface area contributed by atoms with Crippen LogP contribution < -0.4 is 5.32 Å².